The lowest BCUT2D eigenvalue weighted by atomic mass is 9.33. The number of carbonyl (C=O) groups is 2. The summed E-state index contributed by atoms with van der Waals surface area (Å²) in [5, 5.41) is 152. The molecule has 0 amide bonds. The van der Waals surface area contributed by atoms with Gasteiger partial charge in [-0.05, 0) is 113 Å². The highest BCUT2D eigenvalue weighted by Gasteiger charge is 2.71. The van der Waals surface area contributed by atoms with E-state index in [1.807, 2.05) is 6.92 Å². The summed E-state index contributed by atoms with van der Waals surface area (Å²) in [5.41, 5.74) is -2.96. The molecule has 1 unspecified atom stereocenters. The number of rotatable bonds is 12. The first kappa shape index (κ1) is 60.5. The molecule has 0 spiro atoms. The van der Waals surface area contributed by atoms with Gasteiger partial charge in [-0.2, -0.15) is 0 Å². The van der Waals surface area contributed by atoms with E-state index in [4.69, 9.17) is 37.9 Å². The fraction of sp³-hybridized carbons (Fsp3) is 0.926. The van der Waals surface area contributed by atoms with Crippen molar-refractivity contribution >= 4 is 11.9 Å². The molecule has 446 valence electrons. The van der Waals surface area contributed by atoms with E-state index >= 15 is 0 Å². The number of ether oxygens (including phenoxy) is 8. The van der Waals surface area contributed by atoms with E-state index in [1.165, 1.54) is 12.5 Å². The highest BCUT2D eigenvalue weighted by Crippen LogP contribution is 2.76. The largest absolute Gasteiger partial charge is 0.481 e. The van der Waals surface area contributed by atoms with Crippen molar-refractivity contribution in [3.63, 3.8) is 0 Å². The van der Waals surface area contributed by atoms with Gasteiger partial charge < -0.3 is 109 Å². The Bertz CT molecular complexity index is 2220. The minimum Gasteiger partial charge on any atom is -0.481 e. The third-order valence-corrected chi connectivity index (χ3v) is 21.9. The Morgan fingerprint density at radius 2 is 1.12 bits per heavy atom. The van der Waals surface area contributed by atoms with Crippen molar-refractivity contribution in [2.75, 3.05) is 13.2 Å². The number of allylic oxidation sites excluding steroid dienone is 2. The summed E-state index contributed by atoms with van der Waals surface area (Å²) in [6.45, 7) is 14.3. The van der Waals surface area contributed by atoms with Crippen LogP contribution in [-0.2, 0) is 47.5 Å². The average molecular weight is 1120 g/mol. The monoisotopic (exact) mass is 1120 g/mol. The first-order chi connectivity index (χ1) is 36.4. The number of aliphatic carboxylic acids is 2. The van der Waals surface area contributed by atoms with Gasteiger partial charge in [-0.15, -0.1) is 0 Å². The fourth-order valence-electron chi connectivity index (χ4n) is 16.6. The van der Waals surface area contributed by atoms with E-state index in [-0.39, 0.29) is 36.0 Å². The third-order valence-electron chi connectivity index (χ3n) is 21.9. The van der Waals surface area contributed by atoms with Gasteiger partial charge in [0.25, 0.3) is 0 Å². The molecule has 24 nitrogen and oxygen atoms in total. The van der Waals surface area contributed by atoms with Crippen LogP contribution in [0, 0.1) is 50.2 Å². The zero-order valence-electron chi connectivity index (χ0n) is 45.6. The molecule has 24 heteroatoms. The number of aliphatic hydroxyl groups is 12. The Morgan fingerprint density at radius 3 is 1.68 bits per heavy atom. The predicted molar refractivity (Wildman–Crippen MR) is 264 cm³/mol. The molecule has 0 aromatic rings. The zero-order valence-corrected chi connectivity index (χ0v) is 45.6. The average Bonchev–Trinajstić information content (AvgIpc) is 2.94. The normalized spacial score (nSPS) is 56.3. The summed E-state index contributed by atoms with van der Waals surface area (Å²) in [4.78, 5) is 25.8. The number of carboxylic acid groups (broad SMARTS) is 2. The maximum atomic E-state index is 13.2. The van der Waals surface area contributed by atoms with Crippen LogP contribution in [-0.4, -0.2) is 232 Å². The first-order valence-electron chi connectivity index (χ1n) is 27.8. The number of hydrogen-bond acceptors (Lipinski definition) is 22. The van der Waals surface area contributed by atoms with Gasteiger partial charge in [0.05, 0.1) is 43.0 Å². The van der Waals surface area contributed by atoms with E-state index in [2.05, 4.69) is 33.8 Å². The second kappa shape index (κ2) is 21.5. The quantitative estimate of drug-likeness (QED) is 0.0791. The standard InChI is InChI=1S/C54H86O24/c1-21-30(57)33(60)38(65)44(71-21)75-29-18-49(3,48(69)70)17-24-23-9-10-27-51(5)13-12-28(52(6,20-56)26(51)11-14-54(27,8)53(23,7)16-15-50(24,29)4)74-47-42(37(64)36(63)40(76-47)43(67)68)78-46-41(35(62)32(59)25(19-55)73-46)77-45-39(66)34(61)31(58)22(2)72-45/h9,21-22,24-42,44-47,55-66H,10-20H2,1-8H3,(H,67,68)(H,69,70)/t21-,22-,24-,25+,26?,27+,28-,29+,30-,31-,32+,33+,34+,35-,36-,37-,38+,39+,40-,41+,42+,44-,45-,46-,47+,49-,50+,51-,52+,53+,54+/m0/s1. The highest BCUT2D eigenvalue weighted by atomic mass is 16.8. The first-order valence-corrected chi connectivity index (χ1v) is 27.8. The summed E-state index contributed by atoms with van der Waals surface area (Å²) in [6, 6.07) is 0. The second-order valence-corrected chi connectivity index (χ2v) is 26.1. The Morgan fingerprint density at radius 1 is 0.564 bits per heavy atom. The molecule has 0 bridgehead atoms. The number of hydrogen-bond donors (Lipinski definition) is 14. The van der Waals surface area contributed by atoms with Gasteiger partial charge in [-0.3, -0.25) is 4.79 Å². The van der Waals surface area contributed by atoms with Gasteiger partial charge in [0.1, 0.15) is 79.4 Å². The van der Waals surface area contributed by atoms with Gasteiger partial charge >= 0.3 is 11.9 Å². The topological polar surface area (TPSA) is 391 Å². The molecule has 14 N–H and O–H groups in total. The minimum atomic E-state index is -2.13. The van der Waals surface area contributed by atoms with Crippen molar-refractivity contribution in [1.29, 1.82) is 0 Å². The summed E-state index contributed by atoms with van der Waals surface area (Å²) in [5.74, 6) is -3.07. The maximum absolute atomic E-state index is 13.2. The molecule has 8 fully saturated rings. The van der Waals surface area contributed by atoms with Crippen LogP contribution >= 0.6 is 0 Å². The second-order valence-electron chi connectivity index (χ2n) is 26.1. The molecule has 0 aromatic carbocycles. The van der Waals surface area contributed by atoms with Crippen LogP contribution < -0.4 is 0 Å². The number of aliphatic hydroxyl groups excluding tert-OH is 12. The summed E-state index contributed by atoms with van der Waals surface area (Å²) >= 11 is 0. The van der Waals surface area contributed by atoms with Crippen LogP contribution in [0.3, 0.4) is 0 Å². The summed E-state index contributed by atoms with van der Waals surface area (Å²) in [6.07, 6.45) is -28.4. The predicted octanol–water partition coefficient (Wildman–Crippen LogP) is -1.38. The van der Waals surface area contributed by atoms with Crippen LogP contribution in [0.15, 0.2) is 11.6 Å². The van der Waals surface area contributed by atoms with Gasteiger partial charge in [0.15, 0.2) is 31.3 Å². The minimum absolute atomic E-state index is 0.0337. The zero-order chi connectivity index (χ0) is 57.3. The van der Waals surface area contributed by atoms with Gasteiger partial charge in [-0.25, -0.2) is 4.79 Å². The van der Waals surface area contributed by atoms with Crippen molar-refractivity contribution in [3.8, 4) is 0 Å². The summed E-state index contributed by atoms with van der Waals surface area (Å²) in [7, 11) is 0. The molecule has 0 radical (unpaired) electrons. The Kier molecular flexibility index (Phi) is 16.7. The molecular weight excluding hydrogens is 1030 g/mol. The lowest BCUT2D eigenvalue weighted by molar-refractivity contribution is -0.396. The van der Waals surface area contributed by atoms with Crippen molar-refractivity contribution < 1.29 is 119 Å². The van der Waals surface area contributed by atoms with E-state index in [0.717, 1.165) is 6.42 Å². The smallest absolute Gasteiger partial charge is 0.335 e. The van der Waals surface area contributed by atoms with Crippen LogP contribution in [0.4, 0.5) is 0 Å². The Hall–Kier alpha value is -2.12. The fourth-order valence-corrected chi connectivity index (χ4v) is 16.6. The molecule has 0 aromatic heterocycles. The maximum Gasteiger partial charge on any atom is 0.335 e. The SMILES string of the molecule is C[C@@H]1O[C@@H](O[C@H]2[C@H](O[C@H]3[C@H](O[C@H]4CC[C@@]5(C)C(CC[C@]6(C)[C@@H]5CC=C5[C@@H]7C[C@](C)(C(=O)O)C[C@@H](O[C@@H]8O[C@@H](C)[C@H](O)[C@@H](O)[C@H]8O)[C@]7(C)CC[C@]56C)[C@@]4(C)CO)O[C@H](C(=O)O)[C@@H](O)[C@@H]3O)O[C@H](CO)[C@@H](O)[C@@H]2O)[C@H](O)[C@H](O)[C@H]1O. The van der Waals surface area contributed by atoms with Crippen LogP contribution in [0.2, 0.25) is 0 Å². The molecule has 9 aliphatic rings. The lowest BCUT2D eigenvalue weighted by Gasteiger charge is -2.72. The molecule has 4 heterocycles. The molecule has 9 rings (SSSR count). The molecule has 4 saturated heterocycles. The van der Waals surface area contributed by atoms with Gasteiger partial charge in [-0.1, -0.05) is 46.3 Å². The number of fused-ring (bicyclic) bond motifs is 7. The van der Waals surface area contributed by atoms with Crippen LogP contribution in [0.1, 0.15) is 113 Å². The molecular formula is C54H86O24. The van der Waals surface area contributed by atoms with Crippen molar-refractivity contribution in [3.05, 3.63) is 11.6 Å². The van der Waals surface area contributed by atoms with Crippen molar-refractivity contribution in [2.24, 2.45) is 50.2 Å². The Balaban J connectivity index is 0.991. The highest BCUT2D eigenvalue weighted by molar-refractivity contribution is 5.75. The summed E-state index contributed by atoms with van der Waals surface area (Å²) < 4.78 is 48.8. The van der Waals surface area contributed by atoms with E-state index < -0.39 is 187 Å². The Labute approximate surface area is 453 Å². The van der Waals surface area contributed by atoms with Gasteiger partial charge in [0, 0.05) is 10.8 Å². The number of carboxylic acids is 2. The van der Waals surface area contributed by atoms with Crippen molar-refractivity contribution in [1.82, 2.24) is 0 Å². The molecule has 4 aliphatic heterocycles. The van der Waals surface area contributed by atoms with E-state index in [1.54, 1.807) is 13.8 Å². The van der Waals surface area contributed by atoms with E-state index in [0.29, 0.717) is 38.5 Å². The van der Waals surface area contributed by atoms with Gasteiger partial charge in [0.2, 0.25) is 0 Å². The van der Waals surface area contributed by atoms with E-state index in [9.17, 15) is 81.1 Å². The van der Waals surface area contributed by atoms with Crippen LogP contribution in [0.25, 0.3) is 0 Å². The van der Waals surface area contributed by atoms with Crippen LogP contribution in [0.5, 0.6) is 0 Å². The van der Waals surface area contributed by atoms with Crippen molar-refractivity contribution in [2.45, 2.75) is 248 Å². The molecule has 31 atom stereocenters. The molecule has 78 heavy (non-hydrogen) atoms. The molecule has 5 aliphatic carbocycles. The lowest BCUT2D eigenvalue weighted by Crippen LogP contribution is -2.68. The third kappa shape index (κ3) is 9.44. The molecule has 4 saturated carbocycles.